The Balaban J connectivity index is 2.46. The van der Waals surface area contributed by atoms with E-state index in [0.29, 0.717) is 6.42 Å². The van der Waals surface area contributed by atoms with Crippen molar-refractivity contribution in [3.8, 4) is 0 Å². The summed E-state index contributed by atoms with van der Waals surface area (Å²) in [6.45, 7) is 7.54. The van der Waals surface area contributed by atoms with Crippen molar-refractivity contribution in [2.45, 2.75) is 142 Å². The highest BCUT2D eigenvalue weighted by Crippen LogP contribution is 2.18. The monoisotopic (exact) mass is 507 g/mol. The van der Waals surface area contributed by atoms with Crippen LogP contribution in [0.25, 0.3) is 0 Å². The number of unbranched alkanes of at least 4 members (excludes halogenated alkanes) is 11. The second kappa shape index (κ2) is 19.5. The topological polar surface area (TPSA) is 88.0 Å². The molecule has 0 aliphatic carbocycles. The molecule has 1 amide bonds. The number of benzene rings is 1. The summed E-state index contributed by atoms with van der Waals surface area (Å²) < 4.78 is 11.4. The first kappa shape index (κ1) is 32.4. The highest BCUT2D eigenvalue weighted by atomic mass is 16.6. The molecule has 0 aliphatic rings. The van der Waals surface area contributed by atoms with Crippen molar-refractivity contribution in [1.82, 2.24) is 5.32 Å². The largest absolute Gasteiger partial charge is 0.444 e. The molecule has 0 unspecified atom stereocenters. The Hall–Kier alpha value is -1.63. The van der Waals surface area contributed by atoms with Crippen LogP contribution >= 0.6 is 0 Å². The van der Waals surface area contributed by atoms with E-state index in [1.54, 1.807) is 20.8 Å². The van der Waals surface area contributed by atoms with Crippen molar-refractivity contribution in [1.29, 1.82) is 0 Å². The Bertz CT molecular complexity index is 661. The van der Waals surface area contributed by atoms with Crippen molar-refractivity contribution in [2.24, 2.45) is 0 Å². The fourth-order valence-electron chi connectivity index (χ4n) is 4.31. The molecule has 0 radical (unpaired) electrons. The minimum absolute atomic E-state index is 0.285. The van der Waals surface area contributed by atoms with E-state index in [4.69, 9.17) is 9.47 Å². The van der Waals surface area contributed by atoms with Crippen LogP contribution < -0.4 is 5.32 Å². The molecular weight excluding hydrogens is 454 g/mol. The van der Waals surface area contributed by atoms with Crippen LogP contribution in [0.1, 0.15) is 117 Å². The number of rotatable bonds is 20. The number of carbonyl (C=O) groups excluding carboxylic acids is 1. The van der Waals surface area contributed by atoms with Gasteiger partial charge in [-0.05, 0) is 32.8 Å². The van der Waals surface area contributed by atoms with Gasteiger partial charge in [-0.25, -0.2) is 4.79 Å². The van der Waals surface area contributed by atoms with Gasteiger partial charge in [0.1, 0.15) is 11.7 Å². The van der Waals surface area contributed by atoms with E-state index in [0.717, 1.165) is 24.8 Å². The number of aliphatic hydroxyl groups excluding tert-OH is 2. The number of hydrogen-bond acceptors (Lipinski definition) is 5. The Morgan fingerprint density at radius 3 is 1.92 bits per heavy atom. The minimum atomic E-state index is -0.802. The van der Waals surface area contributed by atoms with Gasteiger partial charge in [0.05, 0.1) is 25.4 Å². The van der Waals surface area contributed by atoms with Crippen LogP contribution in [-0.2, 0) is 16.1 Å². The zero-order valence-electron chi connectivity index (χ0n) is 23.3. The fourth-order valence-corrected chi connectivity index (χ4v) is 4.31. The second-order valence-electron chi connectivity index (χ2n) is 10.9. The second-order valence-corrected chi connectivity index (χ2v) is 10.9. The summed E-state index contributed by atoms with van der Waals surface area (Å²) in [4.78, 5) is 12.3. The molecule has 1 aromatic carbocycles. The molecule has 0 aromatic heterocycles. The van der Waals surface area contributed by atoms with Crippen molar-refractivity contribution < 1.29 is 24.5 Å². The number of aliphatic hydroxyl groups is 2. The van der Waals surface area contributed by atoms with Crippen molar-refractivity contribution >= 4 is 6.09 Å². The average Bonchev–Trinajstić information content (AvgIpc) is 2.83. The lowest BCUT2D eigenvalue weighted by molar-refractivity contribution is -0.0764. The molecule has 0 heterocycles. The van der Waals surface area contributed by atoms with E-state index in [2.05, 4.69) is 12.2 Å². The Kier molecular flexibility index (Phi) is 17.5. The first-order valence-electron chi connectivity index (χ1n) is 14.2. The van der Waals surface area contributed by atoms with Gasteiger partial charge in [-0.1, -0.05) is 114 Å². The summed E-state index contributed by atoms with van der Waals surface area (Å²) in [6, 6.07) is 8.92. The van der Waals surface area contributed by atoms with Gasteiger partial charge in [0.25, 0.3) is 0 Å². The Morgan fingerprint density at radius 2 is 1.42 bits per heavy atom. The summed E-state index contributed by atoms with van der Waals surface area (Å²) in [6.07, 6.45) is 13.4. The molecule has 0 spiro atoms. The van der Waals surface area contributed by atoms with Gasteiger partial charge < -0.3 is 25.0 Å². The predicted octanol–water partition coefficient (Wildman–Crippen LogP) is 6.91. The van der Waals surface area contributed by atoms with E-state index in [9.17, 15) is 15.0 Å². The van der Waals surface area contributed by atoms with E-state index in [-0.39, 0.29) is 13.2 Å². The number of carbonyl (C=O) groups is 1. The summed E-state index contributed by atoms with van der Waals surface area (Å²) in [7, 11) is 0. The standard InChI is InChI=1S/C30H53NO5/c1-5-6-7-8-9-10-11-12-13-14-15-19-22-27(33)28(35-24-25-20-17-16-18-21-25)26(23-32)31-29(34)36-30(2,3)4/h16-18,20-21,26-28,32-33H,5-15,19,22-24H2,1-4H3,(H,31,34)/t26-,27-,28-/m0/s1. The zero-order valence-corrected chi connectivity index (χ0v) is 23.3. The molecule has 0 bridgehead atoms. The Morgan fingerprint density at radius 1 is 0.889 bits per heavy atom. The first-order chi connectivity index (χ1) is 17.3. The molecule has 1 aromatic rings. The predicted molar refractivity (Wildman–Crippen MR) is 147 cm³/mol. The quantitative estimate of drug-likeness (QED) is 0.167. The number of hydrogen-bond donors (Lipinski definition) is 3. The van der Waals surface area contributed by atoms with Gasteiger partial charge in [-0.15, -0.1) is 0 Å². The summed E-state index contributed by atoms with van der Waals surface area (Å²) in [5.41, 5.74) is 0.312. The lowest BCUT2D eigenvalue weighted by Gasteiger charge is -2.31. The van der Waals surface area contributed by atoms with Crippen LogP contribution in [0.5, 0.6) is 0 Å². The van der Waals surface area contributed by atoms with Crippen LogP contribution in [0.4, 0.5) is 4.79 Å². The highest BCUT2D eigenvalue weighted by molar-refractivity contribution is 5.68. The summed E-state index contributed by atoms with van der Waals surface area (Å²) >= 11 is 0. The number of alkyl carbamates (subject to hydrolysis) is 1. The molecule has 0 aliphatic heterocycles. The fraction of sp³-hybridized carbons (Fsp3) is 0.767. The maximum Gasteiger partial charge on any atom is 0.408 e. The van der Waals surface area contributed by atoms with Gasteiger partial charge in [-0.2, -0.15) is 0 Å². The molecular formula is C30H53NO5. The normalized spacial score (nSPS) is 14.3. The maximum atomic E-state index is 12.3. The molecule has 1 rings (SSSR count). The minimum Gasteiger partial charge on any atom is -0.444 e. The zero-order chi connectivity index (χ0) is 26.7. The van der Waals surface area contributed by atoms with Crippen LogP contribution in [0, 0.1) is 0 Å². The molecule has 6 heteroatoms. The summed E-state index contributed by atoms with van der Waals surface area (Å²) in [5.74, 6) is 0. The van der Waals surface area contributed by atoms with Gasteiger partial charge in [0, 0.05) is 0 Å². The number of ether oxygens (including phenoxy) is 2. The van der Waals surface area contributed by atoms with E-state index >= 15 is 0 Å². The molecule has 6 nitrogen and oxygen atoms in total. The first-order valence-corrected chi connectivity index (χ1v) is 14.2. The Labute approximate surface area is 220 Å². The van der Waals surface area contributed by atoms with Gasteiger partial charge >= 0.3 is 6.09 Å². The SMILES string of the molecule is CCCCCCCCCCCCCC[C@H](O)[C@@H](OCc1ccccc1)[C@H](CO)NC(=O)OC(C)(C)C. The molecule has 0 saturated carbocycles. The van der Waals surface area contributed by atoms with Gasteiger partial charge in [0.2, 0.25) is 0 Å². The maximum absolute atomic E-state index is 12.3. The van der Waals surface area contributed by atoms with Crippen LogP contribution in [-0.4, -0.2) is 46.8 Å². The molecule has 3 N–H and O–H groups in total. The van der Waals surface area contributed by atoms with Crippen LogP contribution in [0.3, 0.4) is 0 Å². The van der Waals surface area contributed by atoms with Crippen molar-refractivity contribution in [3.63, 3.8) is 0 Å². The molecule has 3 atom stereocenters. The number of nitrogens with one attached hydrogen (secondary N) is 1. The average molecular weight is 508 g/mol. The third-order valence-corrected chi connectivity index (χ3v) is 6.31. The lowest BCUT2D eigenvalue weighted by Crippen LogP contribution is -2.52. The van der Waals surface area contributed by atoms with E-state index < -0.39 is 29.9 Å². The third kappa shape index (κ3) is 16.2. The van der Waals surface area contributed by atoms with Crippen LogP contribution in [0.2, 0.25) is 0 Å². The van der Waals surface area contributed by atoms with Gasteiger partial charge in [0.15, 0.2) is 0 Å². The number of amides is 1. The molecule has 0 saturated heterocycles. The molecule has 36 heavy (non-hydrogen) atoms. The van der Waals surface area contributed by atoms with Crippen LogP contribution in [0.15, 0.2) is 30.3 Å². The van der Waals surface area contributed by atoms with Gasteiger partial charge in [-0.3, -0.25) is 0 Å². The molecule has 208 valence electrons. The molecule has 0 fully saturated rings. The third-order valence-electron chi connectivity index (χ3n) is 6.31. The lowest BCUT2D eigenvalue weighted by atomic mass is 9.99. The van der Waals surface area contributed by atoms with E-state index in [1.807, 2.05) is 30.3 Å². The summed E-state index contributed by atoms with van der Waals surface area (Å²) in [5, 5.41) is 23.7. The van der Waals surface area contributed by atoms with E-state index in [1.165, 1.54) is 57.8 Å². The van der Waals surface area contributed by atoms with Crippen molar-refractivity contribution in [2.75, 3.05) is 6.61 Å². The smallest absolute Gasteiger partial charge is 0.408 e. The highest BCUT2D eigenvalue weighted by Gasteiger charge is 2.31. The van der Waals surface area contributed by atoms with Crippen molar-refractivity contribution in [3.05, 3.63) is 35.9 Å².